The number of rotatable bonds is 10. The van der Waals surface area contributed by atoms with E-state index in [1.54, 1.807) is 54.9 Å². The molecule has 0 radical (unpaired) electrons. The summed E-state index contributed by atoms with van der Waals surface area (Å²) in [7, 11) is 1.53. The summed E-state index contributed by atoms with van der Waals surface area (Å²) in [6.07, 6.45) is 3.29. The van der Waals surface area contributed by atoms with Crippen molar-refractivity contribution in [1.82, 2.24) is 9.88 Å². The van der Waals surface area contributed by atoms with Gasteiger partial charge in [-0.15, -0.1) is 0 Å². The van der Waals surface area contributed by atoms with Crippen LogP contribution in [0.4, 0.5) is 0 Å². The molecule has 1 amide bonds. The second-order valence-corrected chi connectivity index (χ2v) is 9.82. The van der Waals surface area contributed by atoms with Gasteiger partial charge >= 0.3 is 0 Å². The molecule has 8 heteroatoms. The minimum Gasteiger partial charge on any atom is -0.507 e. The van der Waals surface area contributed by atoms with E-state index in [-0.39, 0.29) is 17.9 Å². The molecule has 0 bridgehead atoms. The molecule has 4 rings (SSSR count). The Balaban J connectivity index is 1.83. The molecule has 1 atom stereocenters. The third kappa shape index (κ3) is 5.90. The molecule has 1 aliphatic heterocycles. The number of carbonyl (C=O) groups excluding carboxylic acids is 2. The number of carbonyl (C=O) groups is 2. The van der Waals surface area contributed by atoms with E-state index in [9.17, 15) is 14.7 Å². The Kier molecular flexibility index (Phi) is 8.54. The maximum absolute atomic E-state index is 13.5. The molecular formula is C31H34N2O6. The summed E-state index contributed by atoms with van der Waals surface area (Å²) in [5.74, 6) is 0.353. The number of benzene rings is 2. The maximum atomic E-state index is 13.5. The first-order chi connectivity index (χ1) is 18.7. The Hall–Kier alpha value is -4.33. The van der Waals surface area contributed by atoms with Crippen molar-refractivity contribution in [2.75, 3.05) is 20.3 Å². The van der Waals surface area contributed by atoms with E-state index >= 15 is 0 Å². The largest absolute Gasteiger partial charge is 0.507 e. The quantitative estimate of drug-likeness (QED) is 0.211. The number of hydrogen-bond acceptors (Lipinski definition) is 7. The van der Waals surface area contributed by atoms with Crippen LogP contribution in [0.3, 0.4) is 0 Å². The van der Waals surface area contributed by atoms with E-state index in [2.05, 4.69) is 18.8 Å². The van der Waals surface area contributed by atoms with E-state index in [0.717, 1.165) is 11.1 Å². The lowest BCUT2D eigenvalue weighted by atomic mass is 9.94. The lowest BCUT2D eigenvalue weighted by Crippen LogP contribution is -2.29. The van der Waals surface area contributed by atoms with Gasteiger partial charge in [0.05, 0.1) is 31.9 Å². The summed E-state index contributed by atoms with van der Waals surface area (Å²) >= 11 is 0. The van der Waals surface area contributed by atoms with Crippen molar-refractivity contribution in [3.05, 3.63) is 88.8 Å². The van der Waals surface area contributed by atoms with Crippen LogP contribution in [0.25, 0.3) is 5.76 Å². The number of aliphatic hydroxyl groups excluding tert-OH is 1. The standard InChI is InChI=1S/C31H34N2O6/c1-6-38-25-12-9-22(15-26(25)37-5)28-27(30(35)31(36)33(28)17-21-8-7-13-32-16-21)29(34)23-10-11-24(20(4)14-23)39-18-19(2)3/h7-16,19,28,34H,6,17-18H2,1-5H3/b29-27+/t28-/m1/s1. The van der Waals surface area contributed by atoms with Crippen LogP contribution in [0.2, 0.25) is 0 Å². The Bertz CT molecular complexity index is 1380. The SMILES string of the molecule is CCOc1ccc([C@@H]2/C(=C(\O)c3ccc(OCC(C)C)c(C)c3)C(=O)C(=O)N2Cc2cccnc2)cc1OC. The van der Waals surface area contributed by atoms with E-state index in [4.69, 9.17) is 14.2 Å². The number of ether oxygens (including phenoxy) is 3. The number of aryl methyl sites for hydroxylation is 1. The van der Waals surface area contributed by atoms with Crippen molar-refractivity contribution < 1.29 is 28.9 Å². The average Bonchev–Trinajstić information content (AvgIpc) is 3.17. The normalized spacial score (nSPS) is 16.6. The van der Waals surface area contributed by atoms with Crippen LogP contribution in [0.15, 0.2) is 66.5 Å². The van der Waals surface area contributed by atoms with Gasteiger partial charge in [0.15, 0.2) is 11.5 Å². The zero-order valence-electron chi connectivity index (χ0n) is 22.9. The number of aromatic nitrogens is 1. The molecule has 1 fully saturated rings. The molecule has 1 aliphatic rings. The number of nitrogens with zero attached hydrogens (tertiary/aromatic N) is 2. The highest BCUT2D eigenvalue weighted by atomic mass is 16.5. The Morgan fingerprint density at radius 2 is 1.82 bits per heavy atom. The molecule has 0 spiro atoms. The monoisotopic (exact) mass is 530 g/mol. The van der Waals surface area contributed by atoms with Crippen molar-refractivity contribution in [1.29, 1.82) is 0 Å². The lowest BCUT2D eigenvalue weighted by Gasteiger charge is -2.26. The smallest absolute Gasteiger partial charge is 0.295 e. The number of ketones is 1. The maximum Gasteiger partial charge on any atom is 0.295 e. The fourth-order valence-electron chi connectivity index (χ4n) is 4.58. The molecule has 2 heterocycles. The topological polar surface area (TPSA) is 98.2 Å². The number of methoxy groups -OCH3 is 1. The summed E-state index contributed by atoms with van der Waals surface area (Å²) in [5, 5.41) is 11.5. The highest BCUT2D eigenvalue weighted by Gasteiger charge is 2.46. The van der Waals surface area contributed by atoms with Crippen molar-refractivity contribution in [2.24, 2.45) is 5.92 Å². The van der Waals surface area contributed by atoms with Crippen LogP contribution in [0.1, 0.15) is 49.1 Å². The molecule has 8 nitrogen and oxygen atoms in total. The number of Topliss-reactive ketones (excluding diaryl/α,β-unsaturated/α-hetero) is 1. The molecule has 0 aliphatic carbocycles. The number of pyridine rings is 1. The molecule has 0 unspecified atom stereocenters. The second-order valence-electron chi connectivity index (χ2n) is 9.82. The predicted molar refractivity (Wildman–Crippen MR) is 148 cm³/mol. The van der Waals surface area contributed by atoms with Crippen LogP contribution >= 0.6 is 0 Å². The van der Waals surface area contributed by atoms with E-state index < -0.39 is 17.7 Å². The van der Waals surface area contributed by atoms with Crippen molar-refractivity contribution in [2.45, 2.75) is 40.3 Å². The fourth-order valence-corrected chi connectivity index (χ4v) is 4.58. The van der Waals surface area contributed by atoms with Gasteiger partial charge in [0.25, 0.3) is 11.7 Å². The predicted octanol–water partition coefficient (Wildman–Crippen LogP) is 5.45. The van der Waals surface area contributed by atoms with Crippen LogP contribution in [0.5, 0.6) is 17.2 Å². The fraction of sp³-hybridized carbons (Fsp3) is 0.323. The highest BCUT2D eigenvalue weighted by molar-refractivity contribution is 6.46. The molecule has 0 saturated carbocycles. The molecule has 39 heavy (non-hydrogen) atoms. The highest BCUT2D eigenvalue weighted by Crippen LogP contribution is 2.43. The van der Waals surface area contributed by atoms with Crippen molar-refractivity contribution in [3.8, 4) is 17.2 Å². The van der Waals surface area contributed by atoms with E-state index in [1.165, 1.54) is 12.0 Å². The van der Waals surface area contributed by atoms with Gasteiger partial charge in [0.2, 0.25) is 0 Å². The summed E-state index contributed by atoms with van der Waals surface area (Å²) in [4.78, 5) is 32.4. The summed E-state index contributed by atoms with van der Waals surface area (Å²) in [6.45, 7) is 9.03. The first-order valence-electron chi connectivity index (χ1n) is 13.0. The molecule has 3 aromatic rings. The molecule has 204 valence electrons. The summed E-state index contributed by atoms with van der Waals surface area (Å²) in [6, 6.07) is 13.2. The van der Waals surface area contributed by atoms with E-state index in [1.807, 2.05) is 19.9 Å². The number of hydrogen-bond donors (Lipinski definition) is 1. The van der Waals surface area contributed by atoms with Crippen LogP contribution in [-0.4, -0.2) is 47.0 Å². The zero-order valence-corrected chi connectivity index (χ0v) is 22.9. The third-order valence-corrected chi connectivity index (χ3v) is 6.44. The molecule has 1 aromatic heterocycles. The van der Waals surface area contributed by atoms with Gasteiger partial charge in [0.1, 0.15) is 11.5 Å². The zero-order chi connectivity index (χ0) is 28.1. The second kappa shape index (κ2) is 12.0. The van der Waals surface area contributed by atoms with Crippen LogP contribution < -0.4 is 14.2 Å². The summed E-state index contributed by atoms with van der Waals surface area (Å²) in [5.41, 5.74) is 2.60. The molecule has 1 saturated heterocycles. The van der Waals surface area contributed by atoms with Gasteiger partial charge in [-0.2, -0.15) is 0 Å². The van der Waals surface area contributed by atoms with Gasteiger partial charge in [-0.3, -0.25) is 14.6 Å². The minimum atomic E-state index is -0.855. The molecule has 1 N–H and O–H groups in total. The van der Waals surface area contributed by atoms with E-state index in [0.29, 0.717) is 47.5 Å². The van der Waals surface area contributed by atoms with Gasteiger partial charge in [-0.25, -0.2) is 0 Å². The number of amides is 1. The van der Waals surface area contributed by atoms with Crippen molar-refractivity contribution in [3.63, 3.8) is 0 Å². The van der Waals surface area contributed by atoms with Gasteiger partial charge < -0.3 is 24.2 Å². The van der Waals surface area contributed by atoms with Gasteiger partial charge in [0, 0.05) is 24.5 Å². The van der Waals surface area contributed by atoms with Crippen LogP contribution in [-0.2, 0) is 16.1 Å². The van der Waals surface area contributed by atoms with Crippen LogP contribution in [0, 0.1) is 12.8 Å². The Labute approximate surface area is 228 Å². The number of aliphatic hydroxyl groups is 1. The number of likely N-dealkylation sites (tertiary alicyclic amines) is 1. The first-order valence-corrected chi connectivity index (χ1v) is 13.0. The third-order valence-electron chi connectivity index (χ3n) is 6.44. The molecule has 2 aromatic carbocycles. The average molecular weight is 531 g/mol. The Morgan fingerprint density at radius 3 is 2.46 bits per heavy atom. The van der Waals surface area contributed by atoms with Gasteiger partial charge in [-0.1, -0.05) is 26.0 Å². The minimum absolute atomic E-state index is 0.00496. The Morgan fingerprint density at radius 1 is 1.05 bits per heavy atom. The molecular weight excluding hydrogens is 496 g/mol. The first kappa shape index (κ1) is 27.7. The lowest BCUT2D eigenvalue weighted by molar-refractivity contribution is -0.140. The van der Waals surface area contributed by atoms with Gasteiger partial charge in [-0.05, 0) is 72.9 Å². The van der Waals surface area contributed by atoms with Crippen molar-refractivity contribution >= 4 is 17.4 Å². The summed E-state index contributed by atoms with van der Waals surface area (Å²) < 4.78 is 17.1.